The van der Waals surface area contributed by atoms with Gasteiger partial charge >= 0.3 is 5.82 Å². The highest BCUT2D eigenvalue weighted by Crippen LogP contribution is 2.21. The molecule has 0 spiro atoms. The molecule has 0 unspecified atom stereocenters. The summed E-state index contributed by atoms with van der Waals surface area (Å²) >= 11 is 0. The van der Waals surface area contributed by atoms with Gasteiger partial charge in [-0.15, -0.1) is 0 Å². The maximum absolute atomic E-state index is 11.9. The Labute approximate surface area is 128 Å². The molecule has 0 aliphatic carbocycles. The Balaban J connectivity index is 2.12. The van der Waals surface area contributed by atoms with E-state index in [2.05, 4.69) is 10.4 Å². The topological polar surface area (TPSA) is 157 Å². The summed E-state index contributed by atoms with van der Waals surface area (Å²) in [5.41, 5.74) is -0.244. The lowest BCUT2D eigenvalue weighted by Gasteiger charge is -2.05. The third-order valence-corrected chi connectivity index (χ3v) is 2.73. The Hall–Kier alpha value is -3.81. The van der Waals surface area contributed by atoms with Gasteiger partial charge in [-0.3, -0.25) is 14.9 Å². The largest absolute Gasteiger partial charge is 0.389 e. The van der Waals surface area contributed by atoms with E-state index in [1.807, 2.05) is 0 Å². The molecule has 1 aromatic carbocycles. The zero-order valence-electron chi connectivity index (χ0n) is 11.4. The molecule has 116 valence electrons. The average Bonchev–Trinajstić information content (AvgIpc) is 2.96. The molecule has 2 rings (SSSR count). The average molecular weight is 316 g/mol. The lowest BCUT2D eigenvalue weighted by atomic mass is 10.1. The lowest BCUT2D eigenvalue weighted by Crippen LogP contribution is -2.19. The molecule has 11 nitrogen and oxygen atoms in total. The third kappa shape index (κ3) is 3.64. The molecule has 2 aromatic rings. The smallest absolute Gasteiger partial charge is 0.358 e. The van der Waals surface area contributed by atoms with Crippen LogP contribution in [0.3, 0.4) is 0 Å². The molecule has 0 radical (unpaired) electrons. The summed E-state index contributed by atoms with van der Waals surface area (Å²) in [6.45, 7) is -0.310. The van der Waals surface area contributed by atoms with Crippen LogP contribution in [0.2, 0.25) is 0 Å². The molecule has 1 amide bonds. The first-order chi connectivity index (χ1) is 10.9. The van der Waals surface area contributed by atoms with E-state index < -0.39 is 21.6 Å². The number of carbonyl (C=O) groups excluding carboxylic acids is 1. The molecule has 0 fully saturated rings. The highest BCUT2D eigenvalue weighted by Gasteiger charge is 2.16. The molecule has 0 aliphatic heterocycles. The molecule has 0 saturated heterocycles. The maximum atomic E-state index is 11.9. The summed E-state index contributed by atoms with van der Waals surface area (Å²) in [4.78, 5) is 31.7. The van der Waals surface area contributed by atoms with Gasteiger partial charge in [0.1, 0.15) is 12.6 Å². The number of nitriles is 1. The first kappa shape index (κ1) is 15.6. The number of nitro groups is 2. The van der Waals surface area contributed by atoms with E-state index in [1.165, 1.54) is 12.3 Å². The van der Waals surface area contributed by atoms with Crippen LogP contribution in [0.25, 0.3) is 0 Å². The van der Waals surface area contributed by atoms with Crippen molar-refractivity contribution < 1.29 is 14.6 Å². The molecule has 1 N–H and O–H groups in total. The van der Waals surface area contributed by atoms with Crippen LogP contribution in [0.4, 0.5) is 17.2 Å². The summed E-state index contributed by atoms with van der Waals surface area (Å²) in [5, 5.41) is 36.1. The van der Waals surface area contributed by atoms with Gasteiger partial charge in [-0.25, -0.2) is 0 Å². The number of aromatic nitrogens is 2. The number of benzene rings is 1. The SMILES string of the molecule is N#Cc1cc([N+](=O)[O-])ccc1NC(=O)Cn1ccc([N+](=O)[O-])n1. The fourth-order valence-electron chi connectivity index (χ4n) is 1.72. The Kier molecular flexibility index (Phi) is 4.27. The molecule has 23 heavy (non-hydrogen) atoms. The van der Waals surface area contributed by atoms with Crippen LogP contribution in [-0.4, -0.2) is 25.5 Å². The van der Waals surface area contributed by atoms with Gasteiger partial charge in [0.15, 0.2) is 0 Å². The molecule has 1 heterocycles. The standard InChI is InChI=1S/C12H8N6O5/c13-6-8-5-9(17(20)21)1-2-10(8)14-12(19)7-16-4-3-11(15-16)18(22)23/h1-5H,7H2,(H,14,19). The van der Waals surface area contributed by atoms with E-state index >= 15 is 0 Å². The van der Waals surface area contributed by atoms with Crippen molar-refractivity contribution in [2.75, 3.05) is 5.32 Å². The fourth-order valence-corrected chi connectivity index (χ4v) is 1.72. The number of hydrogen-bond acceptors (Lipinski definition) is 7. The molecule has 0 bridgehead atoms. The molecule has 0 saturated carbocycles. The maximum Gasteiger partial charge on any atom is 0.389 e. The van der Waals surface area contributed by atoms with Gasteiger partial charge in [-0.1, -0.05) is 0 Å². The van der Waals surface area contributed by atoms with Crippen molar-refractivity contribution in [2.24, 2.45) is 0 Å². The van der Waals surface area contributed by atoms with Crippen LogP contribution in [0.1, 0.15) is 5.56 Å². The highest BCUT2D eigenvalue weighted by atomic mass is 16.6. The normalized spacial score (nSPS) is 9.87. The van der Waals surface area contributed by atoms with Crippen molar-refractivity contribution in [1.82, 2.24) is 9.78 Å². The third-order valence-electron chi connectivity index (χ3n) is 2.73. The molecular weight excluding hydrogens is 308 g/mol. The number of rotatable bonds is 5. The molecule has 1 aromatic heterocycles. The van der Waals surface area contributed by atoms with E-state index in [9.17, 15) is 25.0 Å². The minimum atomic E-state index is -0.696. The highest BCUT2D eigenvalue weighted by molar-refractivity contribution is 5.92. The monoisotopic (exact) mass is 316 g/mol. The molecule has 11 heteroatoms. The first-order valence-corrected chi connectivity index (χ1v) is 6.07. The zero-order valence-corrected chi connectivity index (χ0v) is 11.4. The van der Waals surface area contributed by atoms with Crippen LogP contribution in [0.15, 0.2) is 30.5 Å². The van der Waals surface area contributed by atoms with E-state index in [4.69, 9.17) is 5.26 Å². The van der Waals surface area contributed by atoms with Crippen molar-refractivity contribution >= 4 is 23.1 Å². The van der Waals surface area contributed by atoms with Crippen molar-refractivity contribution in [3.8, 4) is 6.07 Å². The Morgan fingerprint density at radius 2 is 2.04 bits per heavy atom. The van der Waals surface area contributed by atoms with Gasteiger partial charge in [-0.05, 0) is 11.0 Å². The number of non-ortho nitro benzene ring substituents is 1. The predicted octanol–water partition coefficient (Wildman–Crippen LogP) is 1.21. The number of anilines is 1. The number of hydrogen-bond donors (Lipinski definition) is 1. The van der Waals surface area contributed by atoms with Crippen LogP contribution in [0.5, 0.6) is 0 Å². The number of carbonyl (C=O) groups is 1. The Bertz CT molecular complexity index is 837. The molecule has 0 atom stereocenters. The summed E-state index contributed by atoms with van der Waals surface area (Å²) < 4.78 is 1.06. The van der Waals surface area contributed by atoms with E-state index in [0.717, 1.165) is 22.9 Å². The molecule has 0 aliphatic rings. The van der Waals surface area contributed by atoms with Gasteiger partial charge in [0, 0.05) is 12.1 Å². The van der Waals surface area contributed by atoms with Gasteiger partial charge in [-0.2, -0.15) is 9.94 Å². The van der Waals surface area contributed by atoms with Gasteiger partial charge in [0.2, 0.25) is 5.91 Å². The predicted molar refractivity (Wildman–Crippen MR) is 75.3 cm³/mol. The van der Waals surface area contributed by atoms with Gasteiger partial charge in [0.25, 0.3) is 5.69 Å². The number of nitrogens with one attached hydrogen (secondary N) is 1. The summed E-state index contributed by atoms with van der Waals surface area (Å²) in [6, 6.07) is 6.31. The zero-order chi connectivity index (χ0) is 17.0. The number of nitrogens with zero attached hydrogens (tertiary/aromatic N) is 5. The first-order valence-electron chi connectivity index (χ1n) is 6.07. The lowest BCUT2D eigenvalue weighted by molar-refractivity contribution is -0.389. The minimum Gasteiger partial charge on any atom is -0.358 e. The summed E-state index contributed by atoms with van der Waals surface area (Å²) in [7, 11) is 0. The fraction of sp³-hybridized carbons (Fsp3) is 0.0833. The summed E-state index contributed by atoms with van der Waals surface area (Å²) in [5.74, 6) is -0.987. The van der Waals surface area contributed by atoms with Crippen molar-refractivity contribution in [3.05, 3.63) is 56.3 Å². The second-order valence-electron chi connectivity index (χ2n) is 4.28. The number of nitro benzene ring substituents is 1. The van der Waals surface area contributed by atoms with E-state index in [0.29, 0.717) is 0 Å². The van der Waals surface area contributed by atoms with Crippen LogP contribution < -0.4 is 5.32 Å². The van der Waals surface area contributed by atoms with Gasteiger partial charge in [0.05, 0.1) is 33.5 Å². The van der Waals surface area contributed by atoms with Crippen molar-refractivity contribution in [1.29, 1.82) is 5.26 Å². The quantitative estimate of drug-likeness (QED) is 0.641. The minimum absolute atomic E-state index is 0.0704. The Morgan fingerprint density at radius 1 is 1.30 bits per heavy atom. The second kappa shape index (κ2) is 6.31. The molecular formula is C12H8N6O5. The van der Waals surface area contributed by atoms with Crippen molar-refractivity contribution in [3.63, 3.8) is 0 Å². The summed E-state index contributed by atoms with van der Waals surface area (Å²) in [6.07, 6.45) is 1.26. The number of amides is 1. The van der Waals surface area contributed by atoms with E-state index in [-0.39, 0.29) is 23.5 Å². The van der Waals surface area contributed by atoms with Crippen LogP contribution >= 0.6 is 0 Å². The van der Waals surface area contributed by atoms with Gasteiger partial charge < -0.3 is 15.4 Å². The van der Waals surface area contributed by atoms with Crippen LogP contribution in [0, 0.1) is 31.6 Å². The van der Waals surface area contributed by atoms with Crippen LogP contribution in [-0.2, 0) is 11.3 Å². The Morgan fingerprint density at radius 3 is 2.61 bits per heavy atom. The van der Waals surface area contributed by atoms with E-state index in [1.54, 1.807) is 6.07 Å². The second-order valence-corrected chi connectivity index (χ2v) is 4.28. The van der Waals surface area contributed by atoms with Crippen molar-refractivity contribution in [2.45, 2.75) is 6.54 Å².